The highest BCUT2D eigenvalue weighted by Crippen LogP contribution is 2.29. The van der Waals surface area contributed by atoms with Crippen molar-refractivity contribution >= 4 is 11.8 Å². The lowest BCUT2D eigenvalue weighted by atomic mass is 10.1. The van der Waals surface area contributed by atoms with E-state index in [0.29, 0.717) is 12.2 Å². The Morgan fingerprint density at radius 2 is 2.10 bits per heavy atom. The molecular weight excluding hydrogens is 280 g/mol. The minimum absolute atomic E-state index is 0.428. The van der Waals surface area contributed by atoms with Crippen molar-refractivity contribution < 1.29 is 4.74 Å². The second kappa shape index (κ2) is 6.67. The van der Waals surface area contributed by atoms with E-state index in [1.165, 1.54) is 29.7 Å². The van der Waals surface area contributed by atoms with Gasteiger partial charge in [-0.05, 0) is 26.7 Å². The first kappa shape index (κ1) is 14.7. The lowest BCUT2D eigenvalue weighted by Gasteiger charge is -2.11. The molecule has 4 heteroatoms. The van der Waals surface area contributed by atoms with Crippen LogP contribution in [0.2, 0.25) is 0 Å². The molecule has 0 amide bonds. The molecule has 1 aromatic carbocycles. The van der Waals surface area contributed by atoms with Gasteiger partial charge in [0.05, 0.1) is 17.9 Å². The molecule has 0 bridgehead atoms. The second-order valence-electron chi connectivity index (χ2n) is 5.70. The summed E-state index contributed by atoms with van der Waals surface area (Å²) >= 11 is 1.95. The summed E-state index contributed by atoms with van der Waals surface area (Å²) in [6, 6.07) is 10.4. The van der Waals surface area contributed by atoms with E-state index in [2.05, 4.69) is 48.3 Å². The molecule has 3 nitrogen and oxygen atoms in total. The predicted molar refractivity (Wildman–Crippen MR) is 88.5 cm³/mol. The van der Waals surface area contributed by atoms with Crippen molar-refractivity contribution in [3.05, 3.63) is 41.6 Å². The first-order valence-corrected chi connectivity index (χ1v) is 8.72. The van der Waals surface area contributed by atoms with Gasteiger partial charge in [-0.1, -0.05) is 30.3 Å². The Morgan fingerprint density at radius 3 is 2.81 bits per heavy atom. The van der Waals surface area contributed by atoms with Crippen LogP contribution in [0.1, 0.15) is 31.0 Å². The quantitative estimate of drug-likeness (QED) is 0.900. The third kappa shape index (κ3) is 3.50. The Balaban J connectivity index is 1.64. The maximum absolute atomic E-state index is 5.88. The van der Waals surface area contributed by atoms with E-state index in [9.17, 15) is 0 Å². The number of H-pyrrole nitrogens is 1. The third-order valence-corrected chi connectivity index (χ3v) is 5.09. The van der Waals surface area contributed by atoms with Crippen molar-refractivity contribution in [3.63, 3.8) is 0 Å². The SMILES string of the molecule is Cc1[nH]nc(-c2ccccc2)c1CSCC1CCC(C)O1. The molecule has 2 aromatic rings. The van der Waals surface area contributed by atoms with E-state index in [1.807, 2.05) is 17.8 Å². The molecule has 1 fully saturated rings. The normalized spacial score (nSPS) is 21.8. The Hall–Kier alpha value is -1.26. The maximum atomic E-state index is 5.88. The van der Waals surface area contributed by atoms with E-state index in [0.717, 1.165) is 17.2 Å². The van der Waals surface area contributed by atoms with Gasteiger partial charge in [0.2, 0.25) is 0 Å². The summed E-state index contributed by atoms with van der Waals surface area (Å²) in [5.41, 5.74) is 4.75. The monoisotopic (exact) mass is 302 g/mol. The van der Waals surface area contributed by atoms with Crippen molar-refractivity contribution in [1.29, 1.82) is 0 Å². The molecule has 0 radical (unpaired) electrons. The van der Waals surface area contributed by atoms with Gasteiger partial charge in [-0.2, -0.15) is 16.9 Å². The molecule has 21 heavy (non-hydrogen) atoms. The van der Waals surface area contributed by atoms with Gasteiger partial charge in [0.15, 0.2) is 0 Å². The van der Waals surface area contributed by atoms with Crippen molar-refractivity contribution in [2.24, 2.45) is 0 Å². The van der Waals surface area contributed by atoms with Gasteiger partial charge in [0.25, 0.3) is 0 Å². The van der Waals surface area contributed by atoms with Crippen molar-refractivity contribution in [1.82, 2.24) is 10.2 Å². The van der Waals surface area contributed by atoms with Crippen LogP contribution in [0.5, 0.6) is 0 Å². The fraction of sp³-hybridized carbons (Fsp3) is 0.471. The van der Waals surface area contributed by atoms with Crippen LogP contribution in [0.4, 0.5) is 0 Å². The van der Waals surface area contributed by atoms with Crippen LogP contribution in [-0.2, 0) is 10.5 Å². The number of thioether (sulfide) groups is 1. The summed E-state index contributed by atoms with van der Waals surface area (Å²) in [5, 5.41) is 7.61. The predicted octanol–water partition coefficient (Wildman–Crippen LogP) is 4.19. The molecule has 1 aliphatic rings. The van der Waals surface area contributed by atoms with Gasteiger partial charge in [-0.25, -0.2) is 0 Å². The summed E-state index contributed by atoms with van der Waals surface area (Å²) in [4.78, 5) is 0. The number of rotatable bonds is 5. The van der Waals surface area contributed by atoms with Crippen LogP contribution in [0.25, 0.3) is 11.3 Å². The molecule has 1 saturated heterocycles. The molecule has 1 aliphatic heterocycles. The average molecular weight is 302 g/mol. The third-order valence-electron chi connectivity index (χ3n) is 3.99. The number of nitrogens with one attached hydrogen (secondary N) is 1. The number of aromatic nitrogens is 2. The number of hydrogen-bond acceptors (Lipinski definition) is 3. The zero-order chi connectivity index (χ0) is 14.7. The average Bonchev–Trinajstić information content (AvgIpc) is 3.07. The topological polar surface area (TPSA) is 37.9 Å². The number of aromatic amines is 1. The molecule has 2 atom stereocenters. The fourth-order valence-corrected chi connectivity index (χ4v) is 3.95. The van der Waals surface area contributed by atoms with Crippen molar-refractivity contribution in [2.45, 2.75) is 44.6 Å². The van der Waals surface area contributed by atoms with Gasteiger partial charge in [-0.15, -0.1) is 0 Å². The molecule has 2 heterocycles. The molecule has 3 rings (SSSR count). The molecule has 1 N–H and O–H groups in total. The lowest BCUT2D eigenvalue weighted by Crippen LogP contribution is -2.11. The fourth-order valence-electron chi connectivity index (χ4n) is 2.76. The molecular formula is C17H22N2OS. The molecule has 2 unspecified atom stereocenters. The summed E-state index contributed by atoms with van der Waals surface area (Å²) < 4.78 is 5.88. The van der Waals surface area contributed by atoms with E-state index in [-0.39, 0.29) is 0 Å². The van der Waals surface area contributed by atoms with Crippen LogP contribution in [-0.4, -0.2) is 28.2 Å². The largest absolute Gasteiger partial charge is 0.374 e. The molecule has 112 valence electrons. The summed E-state index contributed by atoms with van der Waals surface area (Å²) in [6.45, 7) is 4.27. The van der Waals surface area contributed by atoms with Crippen LogP contribution in [0.3, 0.4) is 0 Å². The Morgan fingerprint density at radius 1 is 1.29 bits per heavy atom. The Kier molecular flexibility index (Phi) is 4.66. The van der Waals surface area contributed by atoms with Crippen LogP contribution < -0.4 is 0 Å². The maximum Gasteiger partial charge on any atom is 0.0963 e. The molecule has 0 saturated carbocycles. The Labute approximate surface area is 130 Å². The highest BCUT2D eigenvalue weighted by atomic mass is 32.2. The molecule has 0 aliphatic carbocycles. The number of aryl methyl sites for hydroxylation is 1. The van der Waals surface area contributed by atoms with Crippen LogP contribution in [0, 0.1) is 6.92 Å². The van der Waals surface area contributed by atoms with Crippen LogP contribution in [0.15, 0.2) is 30.3 Å². The number of nitrogens with zero attached hydrogens (tertiary/aromatic N) is 1. The van der Waals surface area contributed by atoms with Gasteiger partial charge in [-0.3, -0.25) is 5.10 Å². The van der Waals surface area contributed by atoms with E-state index < -0.39 is 0 Å². The standard InChI is InChI=1S/C17H22N2OS/c1-12-8-9-15(20-12)10-21-11-16-13(2)18-19-17(16)14-6-4-3-5-7-14/h3-7,12,15H,8-11H2,1-2H3,(H,18,19). The van der Waals surface area contributed by atoms with Gasteiger partial charge < -0.3 is 4.74 Å². The minimum Gasteiger partial charge on any atom is -0.374 e. The zero-order valence-corrected chi connectivity index (χ0v) is 13.5. The molecule has 0 spiro atoms. The van der Waals surface area contributed by atoms with Gasteiger partial charge in [0, 0.05) is 28.3 Å². The van der Waals surface area contributed by atoms with Crippen LogP contribution >= 0.6 is 11.8 Å². The van der Waals surface area contributed by atoms with Crippen molar-refractivity contribution in [3.8, 4) is 11.3 Å². The smallest absolute Gasteiger partial charge is 0.0963 e. The number of hydrogen-bond donors (Lipinski definition) is 1. The van der Waals surface area contributed by atoms with E-state index in [4.69, 9.17) is 4.74 Å². The summed E-state index contributed by atoms with van der Waals surface area (Å²) in [5.74, 6) is 2.06. The lowest BCUT2D eigenvalue weighted by molar-refractivity contribution is 0.0700. The highest BCUT2D eigenvalue weighted by Gasteiger charge is 2.22. The van der Waals surface area contributed by atoms with Gasteiger partial charge in [0.1, 0.15) is 0 Å². The molecule has 1 aromatic heterocycles. The summed E-state index contributed by atoms with van der Waals surface area (Å²) in [7, 11) is 0. The minimum atomic E-state index is 0.428. The van der Waals surface area contributed by atoms with Gasteiger partial charge >= 0.3 is 0 Å². The highest BCUT2D eigenvalue weighted by molar-refractivity contribution is 7.98. The van der Waals surface area contributed by atoms with E-state index >= 15 is 0 Å². The first-order valence-electron chi connectivity index (χ1n) is 7.56. The number of benzene rings is 1. The second-order valence-corrected chi connectivity index (χ2v) is 6.73. The van der Waals surface area contributed by atoms with E-state index in [1.54, 1.807) is 0 Å². The number of ether oxygens (including phenoxy) is 1. The summed E-state index contributed by atoms with van der Waals surface area (Å²) in [6.07, 6.45) is 3.26. The Bertz CT molecular complexity index is 582. The zero-order valence-electron chi connectivity index (χ0n) is 12.6. The van der Waals surface area contributed by atoms with Crippen molar-refractivity contribution in [2.75, 3.05) is 5.75 Å². The first-order chi connectivity index (χ1) is 10.2.